The summed E-state index contributed by atoms with van der Waals surface area (Å²) in [4.78, 5) is 2.48. The van der Waals surface area contributed by atoms with Gasteiger partial charge in [-0.15, -0.1) is 0 Å². The SMILES string of the molecule is CC(C)(C)c1ccc2c(c1)OCCN(C(C)(C)C)C2. The minimum absolute atomic E-state index is 0.175. The minimum atomic E-state index is 0.175. The zero-order valence-corrected chi connectivity index (χ0v) is 13.2. The molecule has 2 heteroatoms. The van der Waals surface area contributed by atoms with Crippen LogP contribution in [-0.2, 0) is 12.0 Å². The first kappa shape index (κ1) is 14.4. The summed E-state index contributed by atoms with van der Waals surface area (Å²) in [6.07, 6.45) is 0. The number of rotatable bonds is 0. The molecule has 1 heterocycles. The van der Waals surface area contributed by atoms with Gasteiger partial charge >= 0.3 is 0 Å². The zero-order chi connectivity index (χ0) is 14.3. The van der Waals surface area contributed by atoms with E-state index in [9.17, 15) is 0 Å². The first-order valence-corrected chi connectivity index (χ1v) is 7.19. The maximum absolute atomic E-state index is 5.97. The molecule has 0 fully saturated rings. The Morgan fingerprint density at radius 2 is 1.74 bits per heavy atom. The third-order valence-corrected chi connectivity index (χ3v) is 3.86. The lowest BCUT2D eigenvalue weighted by Gasteiger charge is -2.34. The summed E-state index contributed by atoms with van der Waals surface area (Å²) >= 11 is 0. The van der Waals surface area contributed by atoms with Crippen molar-refractivity contribution in [2.75, 3.05) is 13.2 Å². The Labute approximate surface area is 117 Å². The third kappa shape index (κ3) is 3.30. The van der Waals surface area contributed by atoms with Gasteiger partial charge in [-0.2, -0.15) is 0 Å². The molecule has 0 saturated heterocycles. The van der Waals surface area contributed by atoms with Gasteiger partial charge in [0.2, 0.25) is 0 Å². The van der Waals surface area contributed by atoms with Crippen molar-refractivity contribution in [2.24, 2.45) is 0 Å². The highest BCUT2D eigenvalue weighted by molar-refractivity contribution is 5.40. The van der Waals surface area contributed by atoms with Crippen LogP contribution in [-0.4, -0.2) is 23.6 Å². The van der Waals surface area contributed by atoms with Crippen LogP contribution in [0.15, 0.2) is 18.2 Å². The van der Waals surface area contributed by atoms with E-state index in [1.54, 1.807) is 0 Å². The standard InChI is InChI=1S/C17H27NO/c1-16(2,3)14-8-7-13-12-18(17(4,5)6)9-10-19-15(13)11-14/h7-8,11H,9-10,12H2,1-6H3. The molecular weight excluding hydrogens is 234 g/mol. The maximum Gasteiger partial charge on any atom is 0.124 e. The molecule has 1 aromatic rings. The van der Waals surface area contributed by atoms with Gasteiger partial charge in [0, 0.05) is 24.2 Å². The van der Waals surface area contributed by atoms with Crippen LogP contribution in [0.25, 0.3) is 0 Å². The Bertz CT molecular complexity index is 451. The fourth-order valence-electron chi connectivity index (χ4n) is 2.41. The average molecular weight is 261 g/mol. The Hall–Kier alpha value is -1.02. The monoisotopic (exact) mass is 261 g/mol. The number of ether oxygens (including phenoxy) is 1. The molecule has 0 atom stereocenters. The molecule has 2 nitrogen and oxygen atoms in total. The van der Waals surface area contributed by atoms with Crippen molar-refractivity contribution >= 4 is 0 Å². The molecule has 0 amide bonds. The van der Waals surface area contributed by atoms with Gasteiger partial charge in [0.05, 0.1) is 0 Å². The van der Waals surface area contributed by atoms with Gasteiger partial charge in [-0.05, 0) is 37.8 Å². The fourth-order valence-corrected chi connectivity index (χ4v) is 2.41. The second-order valence-corrected chi connectivity index (χ2v) is 7.51. The molecule has 0 bridgehead atoms. The molecule has 2 rings (SSSR count). The van der Waals surface area contributed by atoms with Crippen molar-refractivity contribution in [1.29, 1.82) is 0 Å². The molecule has 1 aromatic carbocycles. The topological polar surface area (TPSA) is 12.5 Å². The summed E-state index contributed by atoms with van der Waals surface area (Å²) in [5.74, 6) is 1.07. The van der Waals surface area contributed by atoms with E-state index in [-0.39, 0.29) is 11.0 Å². The molecule has 0 N–H and O–H groups in total. The van der Waals surface area contributed by atoms with Crippen molar-refractivity contribution in [2.45, 2.75) is 59.0 Å². The zero-order valence-electron chi connectivity index (χ0n) is 13.2. The Kier molecular flexibility index (Phi) is 3.65. The van der Waals surface area contributed by atoms with Crippen LogP contribution < -0.4 is 4.74 Å². The molecular formula is C17H27NO. The van der Waals surface area contributed by atoms with Gasteiger partial charge in [0.1, 0.15) is 12.4 Å². The molecule has 0 aliphatic carbocycles. The van der Waals surface area contributed by atoms with Crippen LogP contribution in [0.3, 0.4) is 0 Å². The highest BCUT2D eigenvalue weighted by Gasteiger charge is 2.25. The maximum atomic E-state index is 5.97. The first-order valence-electron chi connectivity index (χ1n) is 7.19. The Balaban J connectivity index is 2.31. The van der Waals surface area contributed by atoms with Crippen molar-refractivity contribution in [3.63, 3.8) is 0 Å². The van der Waals surface area contributed by atoms with Gasteiger partial charge in [-0.1, -0.05) is 32.9 Å². The van der Waals surface area contributed by atoms with Gasteiger partial charge < -0.3 is 4.74 Å². The molecule has 106 valence electrons. The molecule has 0 radical (unpaired) electrons. The Morgan fingerprint density at radius 3 is 2.32 bits per heavy atom. The van der Waals surface area contributed by atoms with E-state index in [1.165, 1.54) is 11.1 Å². The number of hydrogen-bond donors (Lipinski definition) is 0. The quantitative estimate of drug-likeness (QED) is 0.700. The third-order valence-electron chi connectivity index (χ3n) is 3.86. The van der Waals surface area contributed by atoms with E-state index in [4.69, 9.17) is 4.74 Å². The van der Waals surface area contributed by atoms with Gasteiger partial charge in [0.15, 0.2) is 0 Å². The number of fused-ring (bicyclic) bond motifs is 1. The number of hydrogen-bond acceptors (Lipinski definition) is 2. The second-order valence-electron chi connectivity index (χ2n) is 7.51. The summed E-state index contributed by atoms with van der Waals surface area (Å²) < 4.78 is 5.97. The van der Waals surface area contributed by atoms with Crippen LogP contribution in [0.1, 0.15) is 52.7 Å². The lowest BCUT2D eigenvalue weighted by Crippen LogP contribution is -2.41. The molecule has 1 aliphatic rings. The predicted octanol–water partition coefficient (Wildman–Crippen LogP) is 3.98. The summed E-state index contributed by atoms with van der Waals surface area (Å²) in [6, 6.07) is 6.70. The minimum Gasteiger partial charge on any atom is -0.492 e. The van der Waals surface area contributed by atoms with E-state index < -0.39 is 0 Å². The van der Waals surface area contributed by atoms with Crippen LogP contribution in [0.5, 0.6) is 5.75 Å². The van der Waals surface area contributed by atoms with Gasteiger partial charge in [0.25, 0.3) is 0 Å². The highest BCUT2D eigenvalue weighted by atomic mass is 16.5. The summed E-state index contributed by atoms with van der Waals surface area (Å²) in [6.45, 7) is 16.3. The van der Waals surface area contributed by atoms with Crippen LogP contribution in [0, 0.1) is 0 Å². The predicted molar refractivity (Wildman–Crippen MR) is 80.8 cm³/mol. The second kappa shape index (κ2) is 4.82. The summed E-state index contributed by atoms with van der Waals surface area (Å²) in [5.41, 5.74) is 3.01. The van der Waals surface area contributed by atoms with E-state index in [0.717, 1.165) is 25.4 Å². The lowest BCUT2D eigenvalue weighted by molar-refractivity contribution is 0.117. The largest absolute Gasteiger partial charge is 0.492 e. The molecule has 0 unspecified atom stereocenters. The lowest BCUT2D eigenvalue weighted by atomic mass is 9.86. The fraction of sp³-hybridized carbons (Fsp3) is 0.647. The molecule has 0 saturated carbocycles. The Morgan fingerprint density at radius 1 is 1.05 bits per heavy atom. The summed E-state index contributed by atoms with van der Waals surface area (Å²) in [7, 11) is 0. The first-order chi connectivity index (χ1) is 8.68. The van der Waals surface area contributed by atoms with Gasteiger partial charge in [-0.3, -0.25) is 4.90 Å². The molecule has 0 spiro atoms. The number of benzene rings is 1. The number of nitrogens with zero attached hydrogens (tertiary/aromatic N) is 1. The van der Waals surface area contributed by atoms with E-state index in [1.807, 2.05) is 0 Å². The highest BCUT2D eigenvalue weighted by Crippen LogP contribution is 2.32. The normalized spacial score (nSPS) is 17.6. The summed E-state index contributed by atoms with van der Waals surface area (Å²) in [5, 5.41) is 0. The van der Waals surface area contributed by atoms with Gasteiger partial charge in [-0.25, -0.2) is 0 Å². The smallest absolute Gasteiger partial charge is 0.124 e. The molecule has 1 aliphatic heterocycles. The van der Waals surface area contributed by atoms with Crippen molar-refractivity contribution in [3.8, 4) is 5.75 Å². The van der Waals surface area contributed by atoms with E-state index in [2.05, 4.69) is 64.6 Å². The van der Waals surface area contributed by atoms with Crippen molar-refractivity contribution < 1.29 is 4.74 Å². The van der Waals surface area contributed by atoms with E-state index in [0.29, 0.717) is 0 Å². The van der Waals surface area contributed by atoms with Crippen LogP contribution >= 0.6 is 0 Å². The van der Waals surface area contributed by atoms with Crippen LogP contribution in [0.2, 0.25) is 0 Å². The molecule has 0 aromatic heterocycles. The van der Waals surface area contributed by atoms with Crippen LogP contribution in [0.4, 0.5) is 0 Å². The average Bonchev–Trinajstić information content (AvgIpc) is 2.47. The molecule has 19 heavy (non-hydrogen) atoms. The van der Waals surface area contributed by atoms with Crippen molar-refractivity contribution in [1.82, 2.24) is 4.90 Å². The van der Waals surface area contributed by atoms with E-state index >= 15 is 0 Å². The van der Waals surface area contributed by atoms with Crippen molar-refractivity contribution in [3.05, 3.63) is 29.3 Å².